The predicted molar refractivity (Wildman–Crippen MR) is 95.4 cm³/mol. The molecule has 0 aliphatic carbocycles. The molecule has 2 amide bonds. The summed E-state index contributed by atoms with van der Waals surface area (Å²) in [5.41, 5.74) is 1.60. The number of carbonyl (C=O) groups is 2. The highest BCUT2D eigenvalue weighted by Crippen LogP contribution is 2.32. The monoisotopic (exact) mass is 347 g/mol. The average Bonchev–Trinajstić information content (AvgIpc) is 3.19. The third-order valence-electron chi connectivity index (χ3n) is 4.25. The summed E-state index contributed by atoms with van der Waals surface area (Å²) in [6.45, 7) is 5.50. The van der Waals surface area contributed by atoms with Crippen LogP contribution >= 0.6 is 0 Å². The molecule has 1 aromatic heterocycles. The number of carbonyl (C=O) groups excluding carboxylic acids is 2. The van der Waals surface area contributed by atoms with Gasteiger partial charge in [0.05, 0.1) is 11.1 Å². The Hall–Kier alpha value is -3.28. The number of hydrogen-bond donors (Lipinski definition) is 0. The van der Waals surface area contributed by atoms with Crippen LogP contribution in [-0.4, -0.2) is 32.5 Å². The van der Waals surface area contributed by atoms with Crippen molar-refractivity contribution in [2.75, 3.05) is 0 Å². The van der Waals surface area contributed by atoms with E-state index in [0.29, 0.717) is 28.5 Å². The second-order valence-corrected chi connectivity index (χ2v) is 7.16. The number of amides is 2. The molecule has 0 radical (unpaired) electrons. The van der Waals surface area contributed by atoms with Crippen molar-refractivity contribution in [3.05, 3.63) is 59.7 Å². The third kappa shape index (κ3) is 2.50. The fraction of sp³-hybridized carbons (Fsp3) is 0.200. The number of benzene rings is 2. The van der Waals surface area contributed by atoms with E-state index in [4.69, 9.17) is 4.42 Å². The lowest BCUT2D eigenvalue weighted by atomic mass is 10.1. The van der Waals surface area contributed by atoms with Crippen LogP contribution in [-0.2, 0) is 0 Å². The van der Waals surface area contributed by atoms with Crippen molar-refractivity contribution in [1.82, 2.24) is 15.1 Å². The first kappa shape index (κ1) is 16.2. The molecular weight excluding hydrogens is 330 g/mol. The number of hydrogen-bond acceptors (Lipinski definition) is 5. The zero-order chi connectivity index (χ0) is 18.5. The lowest BCUT2D eigenvalue weighted by molar-refractivity contribution is 0.0508. The standard InChI is InChI=1S/C20H17N3O3/c1-20(2,3)23-18(24)14-10-9-13(11-15(14)19(23)25)17-22-21-16(26-17)12-7-5-4-6-8-12/h4-11H,1-3H3. The maximum atomic E-state index is 12.7. The average molecular weight is 347 g/mol. The molecule has 0 saturated carbocycles. The third-order valence-corrected chi connectivity index (χ3v) is 4.25. The van der Waals surface area contributed by atoms with Crippen LogP contribution in [0, 0.1) is 0 Å². The minimum Gasteiger partial charge on any atom is -0.416 e. The van der Waals surface area contributed by atoms with E-state index < -0.39 is 5.54 Å². The minimum atomic E-state index is -0.585. The fourth-order valence-corrected chi connectivity index (χ4v) is 3.02. The van der Waals surface area contributed by atoms with Crippen molar-refractivity contribution in [1.29, 1.82) is 0 Å². The van der Waals surface area contributed by atoms with E-state index in [-0.39, 0.29) is 11.8 Å². The molecule has 26 heavy (non-hydrogen) atoms. The van der Waals surface area contributed by atoms with Crippen LogP contribution in [0.2, 0.25) is 0 Å². The molecule has 1 aliphatic heterocycles. The van der Waals surface area contributed by atoms with Crippen LogP contribution in [0.3, 0.4) is 0 Å². The van der Waals surface area contributed by atoms with Gasteiger partial charge in [-0.1, -0.05) is 18.2 Å². The zero-order valence-corrected chi connectivity index (χ0v) is 14.7. The number of aromatic nitrogens is 2. The summed E-state index contributed by atoms with van der Waals surface area (Å²) in [6.07, 6.45) is 0. The predicted octanol–water partition coefficient (Wildman–Crippen LogP) is 3.80. The van der Waals surface area contributed by atoms with Gasteiger partial charge in [0, 0.05) is 16.7 Å². The van der Waals surface area contributed by atoms with Gasteiger partial charge in [0.1, 0.15) is 0 Å². The summed E-state index contributed by atoms with van der Waals surface area (Å²) >= 11 is 0. The van der Waals surface area contributed by atoms with E-state index in [1.54, 1.807) is 18.2 Å². The topological polar surface area (TPSA) is 76.3 Å². The first-order valence-electron chi connectivity index (χ1n) is 8.28. The fourth-order valence-electron chi connectivity index (χ4n) is 3.02. The summed E-state index contributed by atoms with van der Waals surface area (Å²) in [4.78, 5) is 26.5. The first-order chi connectivity index (χ1) is 12.4. The van der Waals surface area contributed by atoms with E-state index >= 15 is 0 Å². The molecule has 0 atom stereocenters. The molecule has 0 spiro atoms. The number of nitrogens with zero attached hydrogens (tertiary/aromatic N) is 3. The van der Waals surface area contributed by atoms with Gasteiger partial charge in [0.2, 0.25) is 11.8 Å². The van der Waals surface area contributed by atoms with Crippen molar-refractivity contribution >= 4 is 11.8 Å². The summed E-state index contributed by atoms with van der Waals surface area (Å²) < 4.78 is 5.74. The summed E-state index contributed by atoms with van der Waals surface area (Å²) in [6, 6.07) is 14.4. The zero-order valence-electron chi connectivity index (χ0n) is 14.7. The van der Waals surface area contributed by atoms with Gasteiger partial charge >= 0.3 is 0 Å². The van der Waals surface area contributed by atoms with Crippen LogP contribution in [0.1, 0.15) is 41.5 Å². The second kappa shape index (κ2) is 5.62. The lowest BCUT2D eigenvalue weighted by Gasteiger charge is -2.29. The normalized spacial score (nSPS) is 14.0. The summed E-state index contributed by atoms with van der Waals surface area (Å²) in [5, 5.41) is 8.14. The molecule has 130 valence electrons. The molecule has 0 N–H and O–H groups in total. The maximum Gasteiger partial charge on any atom is 0.262 e. The molecule has 0 fully saturated rings. The Morgan fingerprint density at radius 2 is 1.42 bits per heavy atom. The Morgan fingerprint density at radius 3 is 2.08 bits per heavy atom. The van der Waals surface area contributed by atoms with Gasteiger partial charge in [-0.25, -0.2) is 0 Å². The lowest BCUT2D eigenvalue weighted by Crippen LogP contribution is -2.45. The summed E-state index contributed by atoms with van der Waals surface area (Å²) in [5.74, 6) is 0.127. The molecule has 1 aliphatic rings. The quantitative estimate of drug-likeness (QED) is 0.659. The van der Waals surface area contributed by atoms with Crippen LogP contribution in [0.4, 0.5) is 0 Å². The van der Waals surface area contributed by atoms with Gasteiger partial charge in [0.25, 0.3) is 11.8 Å². The van der Waals surface area contributed by atoms with Gasteiger partial charge in [-0.3, -0.25) is 14.5 Å². The molecule has 4 rings (SSSR count). The molecule has 6 heteroatoms. The maximum absolute atomic E-state index is 12.7. The smallest absolute Gasteiger partial charge is 0.262 e. The Balaban J connectivity index is 1.72. The number of fused-ring (bicyclic) bond motifs is 1. The molecule has 0 saturated heterocycles. The van der Waals surface area contributed by atoms with Gasteiger partial charge in [-0.15, -0.1) is 10.2 Å². The Labute approximate surface area is 150 Å². The van der Waals surface area contributed by atoms with Gasteiger partial charge in [-0.2, -0.15) is 0 Å². The van der Waals surface area contributed by atoms with E-state index in [1.807, 2.05) is 51.1 Å². The second-order valence-electron chi connectivity index (χ2n) is 7.16. The molecule has 0 unspecified atom stereocenters. The van der Waals surface area contributed by atoms with Crippen molar-refractivity contribution in [3.63, 3.8) is 0 Å². The molecule has 0 bridgehead atoms. The highest BCUT2D eigenvalue weighted by molar-refractivity contribution is 6.22. The van der Waals surface area contributed by atoms with Crippen molar-refractivity contribution in [2.24, 2.45) is 0 Å². The Bertz CT molecular complexity index is 1020. The molecule has 2 heterocycles. The highest BCUT2D eigenvalue weighted by atomic mass is 16.4. The largest absolute Gasteiger partial charge is 0.416 e. The summed E-state index contributed by atoms with van der Waals surface area (Å²) in [7, 11) is 0. The van der Waals surface area contributed by atoms with Crippen LogP contribution in [0.25, 0.3) is 22.9 Å². The highest BCUT2D eigenvalue weighted by Gasteiger charge is 2.42. The molecular formula is C20H17N3O3. The first-order valence-corrected chi connectivity index (χ1v) is 8.28. The number of imide groups is 1. The van der Waals surface area contributed by atoms with Gasteiger partial charge in [0.15, 0.2) is 0 Å². The van der Waals surface area contributed by atoms with Crippen molar-refractivity contribution in [3.8, 4) is 22.9 Å². The van der Waals surface area contributed by atoms with Gasteiger partial charge < -0.3 is 4.42 Å². The van der Waals surface area contributed by atoms with E-state index in [2.05, 4.69) is 10.2 Å². The van der Waals surface area contributed by atoms with Crippen LogP contribution < -0.4 is 0 Å². The van der Waals surface area contributed by atoms with E-state index in [1.165, 1.54) is 4.90 Å². The van der Waals surface area contributed by atoms with Crippen molar-refractivity contribution < 1.29 is 14.0 Å². The van der Waals surface area contributed by atoms with Crippen LogP contribution in [0.5, 0.6) is 0 Å². The molecule has 6 nitrogen and oxygen atoms in total. The van der Waals surface area contributed by atoms with Gasteiger partial charge in [-0.05, 0) is 51.1 Å². The van der Waals surface area contributed by atoms with E-state index in [9.17, 15) is 9.59 Å². The number of rotatable bonds is 2. The minimum absolute atomic E-state index is 0.278. The SMILES string of the molecule is CC(C)(C)N1C(=O)c2ccc(-c3nnc(-c4ccccc4)o3)cc2C1=O. The van der Waals surface area contributed by atoms with Crippen molar-refractivity contribution in [2.45, 2.75) is 26.3 Å². The Morgan fingerprint density at radius 1 is 0.808 bits per heavy atom. The molecule has 3 aromatic rings. The Kier molecular flexibility index (Phi) is 3.50. The van der Waals surface area contributed by atoms with Crippen LogP contribution in [0.15, 0.2) is 52.9 Å². The van der Waals surface area contributed by atoms with E-state index in [0.717, 1.165) is 5.56 Å². The molecule has 2 aromatic carbocycles.